The van der Waals surface area contributed by atoms with Gasteiger partial charge < -0.3 is 15.5 Å². The van der Waals surface area contributed by atoms with E-state index in [1.54, 1.807) is 4.90 Å². The van der Waals surface area contributed by atoms with Crippen molar-refractivity contribution < 1.29 is 18.0 Å². The summed E-state index contributed by atoms with van der Waals surface area (Å²) in [7, 11) is 1.45. The molecule has 6 nitrogen and oxygen atoms in total. The number of alkyl halides is 3. The largest absolute Gasteiger partial charge is 0.451 e. The van der Waals surface area contributed by atoms with E-state index in [-0.39, 0.29) is 24.1 Å². The number of carbonyl (C=O) groups excluding carboxylic acids is 1. The number of anilines is 2. The topological polar surface area (TPSA) is 70.2 Å². The van der Waals surface area contributed by atoms with Gasteiger partial charge in [-0.25, -0.2) is 9.97 Å². The van der Waals surface area contributed by atoms with Crippen LogP contribution in [0, 0.1) is 0 Å². The van der Waals surface area contributed by atoms with Crippen LogP contribution in [0.1, 0.15) is 19.7 Å². The van der Waals surface area contributed by atoms with E-state index in [2.05, 4.69) is 20.6 Å². The zero-order valence-corrected chi connectivity index (χ0v) is 12.1. The molecule has 0 aromatic carbocycles. The first-order valence-corrected chi connectivity index (χ1v) is 6.47. The second-order valence-corrected chi connectivity index (χ2v) is 4.13. The third-order valence-corrected chi connectivity index (χ3v) is 2.77. The van der Waals surface area contributed by atoms with Gasteiger partial charge in [-0.15, -0.1) is 0 Å². The third kappa shape index (κ3) is 4.76. The minimum atomic E-state index is -4.65. The minimum absolute atomic E-state index is 0.0233. The van der Waals surface area contributed by atoms with Crippen LogP contribution >= 0.6 is 0 Å². The molecule has 0 saturated carbocycles. The maximum atomic E-state index is 12.7. The molecule has 118 valence electrons. The fourth-order valence-electron chi connectivity index (χ4n) is 1.65. The SMILES string of the molecule is CCN(CC)C(=O)CNc1cc(NC)nc(C(F)(F)F)n1. The summed E-state index contributed by atoms with van der Waals surface area (Å²) in [6, 6.07) is 1.31. The predicted molar refractivity (Wildman–Crippen MR) is 73.0 cm³/mol. The van der Waals surface area contributed by atoms with E-state index in [1.165, 1.54) is 13.1 Å². The van der Waals surface area contributed by atoms with E-state index in [4.69, 9.17) is 0 Å². The Morgan fingerprint density at radius 2 is 1.81 bits per heavy atom. The third-order valence-electron chi connectivity index (χ3n) is 2.77. The van der Waals surface area contributed by atoms with Crippen molar-refractivity contribution in [1.82, 2.24) is 14.9 Å². The van der Waals surface area contributed by atoms with Gasteiger partial charge in [-0.05, 0) is 13.8 Å². The first-order chi connectivity index (χ1) is 9.81. The van der Waals surface area contributed by atoms with E-state index in [9.17, 15) is 18.0 Å². The monoisotopic (exact) mass is 305 g/mol. The molecule has 0 bridgehead atoms. The lowest BCUT2D eigenvalue weighted by Gasteiger charge is -2.19. The van der Waals surface area contributed by atoms with Crippen LogP contribution in [0.15, 0.2) is 6.07 Å². The summed E-state index contributed by atoms with van der Waals surface area (Å²) < 4.78 is 38.0. The highest BCUT2D eigenvalue weighted by Gasteiger charge is 2.35. The van der Waals surface area contributed by atoms with Gasteiger partial charge in [-0.3, -0.25) is 4.79 Å². The molecule has 1 heterocycles. The summed E-state index contributed by atoms with van der Waals surface area (Å²) in [4.78, 5) is 20.1. The molecule has 1 aromatic heterocycles. The molecule has 0 saturated heterocycles. The van der Waals surface area contributed by atoms with Crippen molar-refractivity contribution in [2.45, 2.75) is 20.0 Å². The molecule has 1 aromatic rings. The van der Waals surface area contributed by atoms with Crippen molar-refractivity contribution in [2.24, 2.45) is 0 Å². The molecule has 21 heavy (non-hydrogen) atoms. The molecule has 0 aliphatic heterocycles. The van der Waals surface area contributed by atoms with Gasteiger partial charge in [0.15, 0.2) is 0 Å². The van der Waals surface area contributed by atoms with Crippen molar-refractivity contribution in [3.05, 3.63) is 11.9 Å². The Morgan fingerprint density at radius 3 is 2.29 bits per heavy atom. The number of hydrogen-bond acceptors (Lipinski definition) is 5. The van der Waals surface area contributed by atoms with Crippen LogP contribution in [0.5, 0.6) is 0 Å². The zero-order chi connectivity index (χ0) is 16.0. The fourth-order valence-corrected chi connectivity index (χ4v) is 1.65. The van der Waals surface area contributed by atoms with Crippen LogP contribution in [-0.2, 0) is 11.0 Å². The van der Waals surface area contributed by atoms with Gasteiger partial charge in [-0.2, -0.15) is 13.2 Å². The average Bonchev–Trinajstić information content (AvgIpc) is 2.45. The number of likely N-dealkylation sites (N-methyl/N-ethyl adjacent to an activating group) is 1. The molecule has 0 radical (unpaired) electrons. The van der Waals surface area contributed by atoms with Crippen LogP contribution in [0.3, 0.4) is 0 Å². The Bertz CT molecular complexity index is 488. The molecular weight excluding hydrogens is 287 g/mol. The summed E-state index contributed by atoms with van der Waals surface area (Å²) in [5.74, 6) is -1.50. The molecule has 9 heteroatoms. The number of nitrogens with one attached hydrogen (secondary N) is 2. The van der Waals surface area contributed by atoms with E-state index in [0.717, 1.165) is 0 Å². The van der Waals surface area contributed by atoms with Crippen molar-refractivity contribution in [3.8, 4) is 0 Å². The van der Waals surface area contributed by atoms with Crippen LogP contribution in [0.2, 0.25) is 0 Å². The van der Waals surface area contributed by atoms with Gasteiger partial charge in [0, 0.05) is 26.2 Å². The lowest BCUT2D eigenvalue weighted by Crippen LogP contribution is -2.35. The Morgan fingerprint density at radius 1 is 1.24 bits per heavy atom. The van der Waals surface area contributed by atoms with E-state index in [1.807, 2.05) is 13.8 Å². The first-order valence-electron chi connectivity index (χ1n) is 6.47. The predicted octanol–water partition coefficient (Wildman–Crippen LogP) is 1.82. The molecule has 0 unspecified atom stereocenters. The molecule has 0 atom stereocenters. The van der Waals surface area contributed by atoms with Crippen molar-refractivity contribution in [3.63, 3.8) is 0 Å². The molecule has 1 rings (SSSR count). The fraction of sp³-hybridized carbons (Fsp3) is 0.583. The van der Waals surface area contributed by atoms with E-state index in [0.29, 0.717) is 13.1 Å². The molecule has 0 fully saturated rings. The minimum Gasteiger partial charge on any atom is -0.373 e. The molecule has 1 amide bonds. The number of hydrogen-bond donors (Lipinski definition) is 2. The van der Waals surface area contributed by atoms with Gasteiger partial charge in [0.1, 0.15) is 11.6 Å². The Kier molecular flexibility index (Phi) is 5.74. The van der Waals surface area contributed by atoms with Crippen LogP contribution in [-0.4, -0.2) is 47.5 Å². The molecular formula is C12H18F3N5O. The van der Waals surface area contributed by atoms with E-state index >= 15 is 0 Å². The highest BCUT2D eigenvalue weighted by atomic mass is 19.4. The zero-order valence-electron chi connectivity index (χ0n) is 12.1. The highest BCUT2D eigenvalue weighted by molar-refractivity contribution is 5.80. The van der Waals surface area contributed by atoms with Crippen LogP contribution in [0.4, 0.5) is 24.8 Å². The van der Waals surface area contributed by atoms with Crippen molar-refractivity contribution >= 4 is 17.5 Å². The second kappa shape index (κ2) is 7.09. The Balaban J connectivity index is 2.86. The standard InChI is InChI=1S/C12H18F3N5O/c1-4-20(5-2)10(21)7-17-9-6-8(16-3)18-11(19-9)12(13,14)15/h6H,4-5,7H2,1-3H3,(H2,16,17,18,19). The maximum Gasteiger partial charge on any atom is 0.451 e. The number of aromatic nitrogens is 2. The van der Waals surface area contributed by atoms with Gasteiger partial charge in [0.2, 0.25) is 11.7 Å². The Hall–Kier alpha value is -2.06. The quantitative estimate of drug-likeness (QED) is 0.839. The molecule has 0 spiro atoms. The number of rotatable bonds is 6. The summed E-state index contributed by atoms with van der Waals surface area (Å²) in [6.45, 7) is 4.60. The van der Waals surface area contributed by atoms with Gasteiger partial charge in [-0.1, -0.05) is 0 Å². The lowest BCUT2D eigenvalue weighted by atomic mass is 10.4. The normalized spacial score (nSPS) is 11.1. The number of carbonyl (C=O) groups is 1. The van der Waals surface area contributed by atoms with Gasteiger partial charge in [0.25, 0.3) is 0 Å². The molecule has 0 aliphatic rings. The second-order valence-electron chi connectivity index (χ2n) is 4.13. The Labute approximate surface area is 120 Å². The van der Waals surface area contributed by atoms with Crippen LogP contribution in [0.25, 0.3) is 0 Å². The molecule has 2 N–H and O–H groups in total. The number of amides is 1. The highest BCUT2D eigenvalue weighted by Crippen LogP contribution is 2.28. The first kappa shape index (κ1) is 17.0. The summed E-state index contributed by atoms with van der Waals surface area (Å²) in [6.07, 6.45) is -4.65. The van der Waals surface area contributed by atoms with Crippen molar-refractivity contribution in [1.29, 1.82) is 0 Å². The smallest absolute Gasteiger partial charge is 0.373 e. The van der Waals surface area contributed by atoms with Gasteiger partial charge >= 0.3 is 6.18 Å². The lowest BCUT2D eigenvalue weighted by molar-refractivity contribution is -0.144. The number of halogens is 3. The summed E-state index contributed by atoms with van der Waals surface area (Å²) >= 11 is 0. The molecule has 0 aliphatic carbocycles. The average molecular weight is 305 g/mol. The van der Waals surface area contributed by atoms with Gasteiger partial charge in [0.05, 0.1) is 6.54 Å². The number of nitrogens with zero attached hydrogens (tertiary/aromatic N) is 3. The maximum absolute atomic E-state index is 12.7. The summed E-state index contributed by atoms with van der Waals surface area (Å²) in [5.41, 5.74) is 0. The summed E-state index contributed by atoms with van der Waals surface area (Å²) in [5, 5.41) is 5.12. The van der Waals surface area contributed by atoms with Crippen molar-refractivity contribution in [2.75, 3.05) is 37.3 Å². The van der Waals surface area contributed by atoms with Crippen LogP contribution < -0.4 is 10.6 Å². The van der Waals surface area contributed by atoms with E-state index < -0.39 is 12.0 Å².